The molecule has 2 aliphatic heterocycles. The van der Waals surface area contributed by atoms with E-state index >= 15 is 0 Å². The summed E-state index contributed by atoms with van der Waals surface area (Å²) in [6.45, 7) is -0.234. The molecule has 2 heterocycles. The summed E-state index contributed by atoms with van der Waals surface area (Å²) in [5.41, 5.74) is 0.445. The first-order chi connectivity index (χ1) is 13.7. The second kappa shape index (κ2) is 7.46. The predicted molar refractivity (Wildman–Crippen MR) is 94.9 cm³/mol. The highest BCUT2D eigenvalue weighted by molar-refractivity contribution is 5.45. The van der Waals surface area contributed by atoms with Crippen molar-refractivity contribution in [3.63, 3.8) is 0 Å². The molecule has 0 bridgehead atoms. The summed E-state index contributed by atoms with van der Waals surface area (Å²) < 4.78 is 74.8. The molecule has 4 nitrogen and oxygen atoms in total. The van der Waals surface area contributed by atoms with Gasteiger partial charge in [0.15, 0.2) is 0 Å². The number of rotatable bonds is 4. The average molecular weight is 414 g/mol. The van der Waals surface area contributed by atoms with Gasteiger partial charge in [-0.15, -0.1) is 0 Å². The first-order valence-corrected chi connectivity index (χ1v) is 9.20. The third-order valence-corrected chi connectivity index (χ3v) is 5.21. The monoisotopic (exact) mass is 414 g/mol. The molecule has 2 aromatic carbocycles. The highest BCUT2D eigenvalue weighted by Crippen LogP contribution is 2.41. The molecule has 1 saturated heterocycles. The molecule has 2 aliphatic rings. The molecule has 29 heavy (non-hydrogen) atoms. The summed E-state index contributed by atoms with van der Waals surface area (Å²) in [7, 11) is 0. The first kappa shape index (κ1) is 19.9. The van der Waals surface area contributed by atoms with E-state index < -0.39 is 36.0 Å². The van der Waals surface area contributed by atoms with Crippen LogP contribution in [0.25, 0.3) is 0 Å². The number of phenols is 1. The Morgan fingerprint density at radius 1 is 1.10 bits per heavy atom. The summed E-state index contributed by atoms with van der Waals surface area (Å²) in [5, 5.41) is 12.7. The lowest BCUT2D eigenvalue weighted by Crippen LogP contribution is -2.50. The molecule has 0 aliphatic carbocycles. The molecular weight excluding hydrogens is 395 g/mol. The van der Waals surface area contributed by atoms with Crippen LogP contribution in [-0.2, 0) is 6.42 Å². The zero-order valence-corrected chi connectivity index (χ0v) is 15.3. The van der Waals surface area contributed by atoms with Crippen molar-refractivity contribution in [3.05, 3.63) is 58.7 Å². The molecule has 1 fully saturated rings. The fourth-order valence-corrected chi connectivity index (χ4v) is 3.83. The van der Waals surface area contributed by atoms with Crippen molar-refractivity contribution >= 4 is 0 Å². The Morgan fingerprint density at radius 3 is 2.38 bits per heavy atom. The number of hydrogen-bond donors (Lipinski definition) is 2. The molecule has 4 rings (SSSR count). The fraction of sp³-hybridized carbons (Fsp3) is 0.400. The van der Waals surface area contributed by atoms with Crippen LogP contribution >= 0.6 is 0 Å². The third-order valence-electron chi connectivity index (χ3n) is 5.21. The van der Waals surface area contributed by atoms with E-state index in [1.165, 1.54) is 18.2 Å². The highest BCUT2D eigenvalue weighted by atomic mass is 19.4. The topological polar surface area (TPSA) is 44.7 Å². The Labute approximate surface area is 163 Å². The van der Waals surface area contributed by atoms with Gasteiger partial charge >= 0.3 is 6.18 Å². The Bertz CT molecular complexity index is 891. The van der Waals surface area contributed by atoms with Gasteiger partial charge in [0, 0.05) is 37.3 Å². The van der Waals surface area contributed by atoms with Gasteiger partial charge in [0.1, 0.15) is 29.2 Å². The molecule has 0 radical (unpaired) electrons. The van der Waals surface area contributed by atoms with Crippen LogP contribution in [0.5, 0.6) is 11.5 Å². The molecule has 0 spiro atoms. The van der Waals surface area contributed by atoms with Crippen LogP contribution in [0.3, 0.4) is 0 Å². The van der Waals surface area contributed by atoms with E-state index in [4.69, 9.17) is 4.74 Å². The van der Waals surface area contributed by atoms with E-state index in [1.807, 2.05) is 0 Å². The minimum absolute atomic E-state index is 0.000592. The number of phenolic OH excluding ortho intramolecular Hbond substituents is 1. The summed E-state index contributed by atoms with van der Waals surface area (Å²) in [6, 6.07) is 4.90. The van der Waals surface area contributed by atoms with Crippen molar-refractivity contribution < 1.29 is 31.8 Å². The van der Waals surface area contributed by atoms with Gasteiger partial charge in [0.05, 0.1) is 12.6 Å². The van der Waals surface area contributed by atoms with E-state index in [1.54, 1.807) is 0 Å². The van der Waals surface area contributed by atoms with E-state index in [0.29, 0.717) is 24.2 Å². The maximum Gasteiger partial charge on any atom is 0.401 e. The summed E-state index contributed by atoms with van der Waals surface area (Å²) in [6.07, 6.45) is -4.49. The Kier molecular flexibility index (Phi) is 5.12. The number of fused-ring (bicyclic) bond motifs is 1. The van der Waals surface area contributed by atoms with Crippen LogP contribution < -0.4 is 10.1 Å². The zero-order valence-electron chi connectivity index (χ0n) is 15.3. The van der Waals surface area contributed by atoms with Crippen LogP contribution in [0.4, 0.5) is 22.0 Å². The van der Waals surface area contributed by atoms with Crippen molar-refractivity contribution in [1.29, 1.82) is 0 Å². The van der Waals surface area contributed by atoms with Crippen molar-refractivity contribution in [2.75, 3.05) is 26.2 Å². The molecule has 2 aromatic rings. The number of ether oxygens (including phenoxy) is 1. The standard InChI is InChI=1S/C20H19F5N2O2/c21-16-6-13(29-14-8-26-9-14)7-17(22)18(16)19-15-2-1-12(28)5-11(15)3-4-27(19)10-20(23,24)25/h1-2,5-7,14,19,26,28H,3-4,8-10H2. The lowest BCUT2D eigenvalue weighted by Gasteiger charge is -2.38. The van der Waals surface area contributed by atoms with Crippen LogP contribution in [0.15, 0.2) is 30.3 Å². The molecular formula is C20H19F5N2O2. The van der Waals surface area contributed by atoms with Gasteiger partial charge in [-0.25, -0.2) is 8.78 Å². The average Bonchev–Trinajstić information content (AvgIpc) is 2.58. The number of nitrogens with one attached hydrogen (secondary N) is 1. The molecule has 156 valence electrons. The largest absolute Gasteiger partial charge is 0.508 e. The lowest BCUT2D eigenvalue weighted by molar-refractivity contribution is -0.150. The Balaban J connectivity index is 1.76. The molecule has 0 amide bonds. The van der Waals surface area contributed by atoms with Gasteiger partial charge in [-0.2, -0.15) is 13.2 Å². The molecule has 9 heteroatoms. The number of hydrogen-bond acceptors (Lipinski definition) is 4. The quantitative estimate of drug-likeness (QED) is 0.752. The molecule has 2 N–H and O–H groups in total. The minimum atomic E-state index is -4.53. The highest BCUT2D eigenvalue weighted by Gasteiger charge is 2.39. The van der Waals surface area contributed by atoms with Gasteiger partial charge in [-0.05, 0) is 29.7 Å². The fourth-order valence-electron chi connectivity index (χ4n) is 3.83. The maximum atomic E-state index is 15.0. The van der Waals surface area contributed by atoms with Gasteiger partial charge in [-0.3, -0.25) is 4.90 Å². The molecule has 0 saturated carbocycles. The molecule has 1 unspecified atom stereocenters. The van der Waals surface area contributed by atoms with Gasteiger partial charge < -0.3 is 15.2 Å². The van der Waals surface area contributed by atoms with Crippen molar-refractivity contribution in [1.82, 2.24) is 10.2 Å². The van der Waals surface area contributed by atoms with Crippen molar-refractivity contribution in [2.24, 2.45) is 0 Å². The predicted octanol–water partition coefficient (Wildman–Crippen LogP) is 3.53. The van der Waals surface area contributed by atoms with Crippen LogP contribution in [0, 0.1) is 11.6 Å². The Hall–Kier alpha value is -2.39. The summed E-state index contributed by atoms with van der Waals surface area (Å²) >= 11 is 0. The first-order valence-electron chi connectivity index (χ1n) is 9.20. The van der Waals surface area contributed by atoms with Crippen LogP contribution in [0.2, 0.25) is 0 Å². The van der Waals surface area contributed by atoms with Crippen molar-refractivity contribution in [2.45, 2.75) is 24.7 Å². The normalized spacial score (nSPS) is 20.2. The van der Waals surface area contributed by atoms with Crippen LogP contribution in [-0.4, -0.2) is 48.5 Å². The third kappa shape index (κ3) is 4.16. The number of alkyl halides is 3. The second-order valence-corrected chi connectivity index (χ2v) is 7.32. The van der Waals surface area contributed by atoms with Crippen molar-refractivity contribution in [3.8, 4) is 11.5 Å². The van der Waals surface area contributed by atoms with Gasteiger partial charge in [0.25, 0.3) is 0 Å². The van der Waals surface area contributed by atoms with E-state index in [-0.39, 0.29) is 30.6 Å². The van der Waals surface area contributed by atoms with E-state index in [9.17, 15) is 27.1 Å². The molecule has 0 aromatic heterocycles. The number of halogens is 5. The minimum Gasteiger partial charge on any atom is -0.508 e. The zero-order chi connectivity index (χ0) is 20.8. The number of aromatic hydroxyl groups is 1. The smallest absolute Gasteiger partial charge is 0.401 e. The van der Waals surface area contributed by atoms with Gasteiger partial charge in [0.2, 0.25) is 0 Å². The lowest BCUT2D eigenvalue weighted by atomic mass is 9.87. The maximum absolute atomic E-state index is 15.0. The summed E-state index contributed by atoms with van der Waals surface area (Å²) in [4.78, 5) is 1.01. The summed E-state index contributed by atoms with van der Waals surface area (Å²) in [5.74, 6) is -1.99. The Morgan fingerprint density at radius 2 is 1.79 bits per heavy atom. The number of nitrogens with zero attached hydrogens (tertiary/aromatic N) is 1. The SMILES string of the molecule is Oc1ccc2c(c1)CCN(CC(F)(F)F)C2c1c(F)cc(OC2CNC2)cc1F. The van der Waals surface area contributed by atoms with E-state index in [0.717, 1.165) is 17.0 Å². The second-order valence-electron chi connectivity index (χ2n) is 7.32. The molecule has 1 atom stereocenters. The van der Waals surface area contributed by atoms with Gasteiger partial charge in [-0.1, -0.05) is 6.07 Å². The number of benzene rings is 2. The van der Waals surface area contributed by atoms with Crippen LogP contribution in [0.1, 0.15) is 22.7 Å². The van der Waals surface area contributed by atoms with E-state index in [2.05, 4.69) is 5.32 Å².